The highest BCUT2D eigenvalue weighted by molar-refractivity contribution is 5.89. The van der Waals surface area contributed by atoms with E-state index in [9.17, 15) is 9.59 Å². The number of piperidine rings is 1. The summed E-state index contributed by atoms with van der Waals surface area (Å²) in [5.74, 6) is 0.448. The molecular formula is C20H27N3O2. The van der Waals surface area contributed by atoms with Gasteiger partial charge in [-0.2, -0.15) is 0 Å². The van der Waals surface area contributed by atoms with Crippen LogP contribution in [0.15, 0.2) is 30.3 Å². The quantitative estimate of drug-likeness (QED) is 0.907. The van der Waals surface area contributed by atoms with Gasteiger partial charge in [0.1, 0.15) is 0 Å². The van der Waals surface area contributed by atoms with Gasteiger partial charge in [0.2, 0.25) is 11.8 Å². The summed E-state index contributed by atoms with van der Waals surface area (Å²) in [5.41, 5.74) is 0.836. The summed E-state index contributed by atoms with van der Waals surface area (Å²) < 4.78 is 0. The molecule has 25 heavy (non-hydrogen) atoms. The van der Waals surface area contributed by atoms with E-state index in [1.807, 2.05) is 28.0 Å². The van der Waals surface area contributed by atoms with Gasteiger partial charge in [0.25, 0.3) is 0 Å². The fourth-order valence-electron chi connectivity index (χ4n) is 4.62. The van der Waals surface area contributed by atoms with Crippen LogP contribution < -0.4 is 5.32 Å². The molecule has 0 radical (unpaired) electrons. The van der Waals surface area contributed by atoms with Gasteiger partial charge in [0.15, 0.2) is 0 Å². The molecule has 1 atom stereocenters. The lowest BCUT2D eigenvalue weighted by Crippen LogP contribution is -2.60. The molecule has 5 nitrogen and oxygen atoms in total. The third kappa shape index (κ3) is 2.95. The molecule has 0 spiro atoms. The fraction of sp³-hybridized carbons (Fsp3) is 0.600. The van der Waals surface area contributed by atoms with E-state index in [4.69, 9.17) is 0 Å². The Morgan fingerprint density at radius 3 is 2.60 bits per heavy atom. The van der Waals surface area contributed by atoms with Gasteiger partial charge in [0.05, 0.1) is 12.0 Å². The predicted octanol–water partition coefficient (Wildman–Crippen LogP) is 1.53. The number of carbonyl (C=O) groups is 2. The molecule has 1 N–H and O–H groups in total. The third-order valence-electron chi connectivity index (χ3n) is 6.19. The van der Waals surface area contributed by atoms with Crippen LogP contribution in [0, 0.1) is 0 Å². The van der Waals surface area contributed by atoms with Crippen LogP contribution in [0.5, 0.6) is 0 Å². The maximum absolute atomic E-state index is 13.4. The molecule has 2 amide bonds. The zero-order valence-corrected chi connectivity index (χ0v) is 14.7. The molecule has 2 aliphatic heterocycles. The molecule has 5 heteroatoms. The molecule has 2 heterocycles. The van der Waals surface area contributed by atoms with Crippen LogP contribution in [0.3, 0.4) is 0 Å². The van der Waals surface area contributed by atoms with E-state index in [0.717, 1.165) is 57.3 Å². The summed E-state index contributed by atoms with van der Waals surface area (Å²) in [4.78, 5) is 29.7. The zero-order valence-electron chi connectivity index (χ0n) is 14.7. The van der Waals surface area contributed by atoms with Crippen LogP contribution in [0.25, 0.3) is 0 Å². The number of amides is 2. The maximum atomic E-state index is 13.4. The average Bonchev–Trinajstić information content (AvgIpc) is 2.62. The van der Waals surface area contributed by atoms with Gasteiger partial charge in [-0.15, -0.1) is 0 Å². The summed E-state index contributed by atoms with van der Waals surface area (Å²) in [6, 6.07) is 10.4. The van der Waals surface area contributed by atoms with E-state index >= 15 is 0 Å². The summed E-state index contributed by atoms with van der Waals surface area (Å²) >= 11 is 0. The molecule has 1 aromatic rings. The van der Waals surface area contributed by atoms with Crippen molar-refractivity contribution in [2.24, 2.45) is 0 Å². The van der Waals surface area contributed by atoms with E-state index in [1.165, 1.54) is 0 Å². The Labute approximate surface area is 149 Å². The molecule has 0 aromatic heterocycles. The topological polar surface area (TPSA) is 52.7 Å². The maximum Gasteiger partial charge on any atom is 0.236 e. The van der Waals surface area contributed by atoms with Gasteiger partial charge in [-0.05, 0) is 31.2 Å². The van der Waals surface area contributed by atoms with Gasteiger partial charge in [0, 0.05) is 32.2 Å². The smallest absolute Gasteiger partial charge is 0.236 e. The van der Waals surface area contributed by atoms with Crippen molar-refractivity contribution in [2.75, 3.05) is 32.7 Å². The van der Waals surface area contributed by atoms with E-state index < -0.39 is 0 Å². The molecule has 0 bridgehead atoms. The van der Waals surface area contributed by atoms with E-state index in [0.29, 0.717) is 13.1 Å². The van der Waals surface area contributed by atoms with E-state index in [-0.39, 0.29) is 23.3 Å². The van der Waals surface area contributed by atoms with Crippen molar-refractivity contribution in [1.29, 1.82) is 0 Å². The molecule has 134 valence electrons. The minimum absolute atomic E-state index is 0.173. The highest BCUT2D eigenvalue weighted by Gasteiger charge is 2.48. The first-order valence-corrected chi connectivity index (χ1v) is 9.56. The molecule has 4 rings (SSSR count). The number of likely N-dealkylation sites (tertiary alicyclic amines) is 1. The van der Waals surface area contributed by atoms with Crippen molar-refractivity contribution in [3.05, 3.63) is 35.9 Å². The van der Waals surface area contributed by atoms with Gasteiger partial charge in [-0.3, -0.25) is 9.59 Å². The molecule has 2 saturated heterocycles. The Balaban J connectivity index is 1.51. The van der Waals surface area contributed by atoms with Crippen LogP contribution in [-0.4, -0.2) is 60.4 Å². The van der Waals surface area contributed by atoms with E-state index in [1.54, 1.807) is 0 Å². The Kier molecular flexibility index (Phi) is 4.50. The van der Waals surface area contributed by atoms with E-state index in [2.05, 4.69) is 17.4 Å². The second-order valence-corrected chi connectivity index (χ2v) is 7.61. The minimum atomic E-state index is -0.323. The minimum Gasteiger partial charge on any atom is -0.340 e. The number of nitrogens with zero attached hydrogens (tertiary/aromatic N) is 2. The summed E-state index contributed by atoms with van der Waals surface area (Å²) in [5, 5.41) is 3.13. The number of rotatable bonds is 3. The number of hydrogen-bond acceptors (Lipinski definition) is 3. The summed E-state index contributed by atoms with van der Waals surface area (Å²) in [6.07, 6.45) is 5.01. The lowest BCUT2D eigenvalue weighted by Gasteiger charge is -2.47. The van der Waals surface area contributed by atoms with Crippen molar-refractivity contribution in [1.82, 2.24) is 15.1 Å². The Hall–Kier alpha value is -1.88. The van der Waals surface area contributed by atoms with Crippen LogP contribution in [-0.2, 0) is 15.0 Å². The Morgan fingerprint density at radius 1 is 1.12 bits per heavy atom. The largest absolute Gasteiger partial charge is 0.340 e. The van der Waals surface area contributed by atoms with Gasteiger partial charge in [-0.1, -0.05) is 36.8 Å². The standard InChI is InChI=1S/C20H27N3O2/c24-18-14-21-11-13-23(18)17-8-4-12-22(15-17)19(25)20(9-5-10-20)16-6-2-1-3-7-16/h1-3,6-7,17,21H,4-5,8-15H2. The Morgan fingerprint density at radius 2 is 1.92 bits per heavy atom. The van der Waals surface area contributed by atoms with Gasteiger partial charge in [-0.25, -0.2) is 0 Å². The van der Waals surface area contributed by atoms with Crippen LogP contribution in [0.4, 0.5) is 0 Å². The number of benzene rings is 1. The van der Waals surface area contributed by atoms with Crippen molar-refractivity contribution >= 4 is 11.8 Å². The lowest BCUT2D eigenvalue weighted by molar-refractivity contribution is -0.146. The summed E-state index contributed by atoms with van der Waals surface area (Å²) in [6.45, 7) is 3.56. The highest BCUT2D eigenvalue weighted by Crippen LogP contribution is 2.45. The van der Waals surface area contributed by atoms with Crippen molar-refractivity contribution in [3.8, 4) is 0 Å². The van der Waals surface area contributed by atoms with Crippen LogP contribution >= 0.6 is 0 Å². The first kappa shape index (κ1) is 16.6. The monoisotopic (exact) mass is 341 g/mol. The second-order valence-electron chi connectivity index (χ2n) is 7.61. The SMILES string of the molecule is O=C1CNCCN1C1CCCN(C(=O)C2(c3ccccc3)CCC2)C1. The third-order valence-corrected chi connectivity index (χ3v) is 6.19. The Bertz CT molecular complexity index is 642. The zero-order chi connectivity index (χ0) is 17.3. The number of carbonyl (C=O) groups excluding carboxylic acids is 2. The molecule has 3 fully saturated rings. The first-order valence-electron chi connectivity index (χ1n) is 9.56. The lowest BCUT2D eigenvalue weighted by atomic mass is 9.63. The number of hydrogen-bond donors (Lipinski definition) is 1. The molecule has 3 aliphatic rings. The molecular weight excluding hydrogens is 314 g/mol. The average molecular weight is 341 g/mol. The highest BCUT2D eigenvalue weighted by atomic mass is 16.2. The molecule has 1 unspecified atom stereocenters. The molecule has 1 saturated carbocycles. The van der Waals surface area contributed by atoms with Gasteiger partial charge < -0.3 is 15.1 Å². The fourth-order valence-corrected chi connectivity index (χ4v) is 4.62. The van der Waals surface area contributed by atoms with Crippen molar-refractivity contribution < 1.29 is 9.59 Å². The normalized spacial score (nSPS) is 26.2. The molecule has 1 aliphatic carbocycles. The first-order chi connectivity index (χ1) is 12.2. The molecule has 1 aromatic carbocycles. The van der Waals surface area contributed by atoms with Crippen molar-refractivity contribution in [3.63, 3.8) is 0 Å². The van der Waals surface area contributed by atoms with Gasteiger partial charge >= 0.3 is 0 Å². The second kappa shape index (κ2) is 6.79. The number of nitrogens with one attached hydrogen (secondary N) is 1. The van der Waals surface area contributed by atoms with Crippen molar-refractivity contribution in [2.45, 2.75) is 43.6 Å². The number of piperazine rings is 1. The van der Waals surface area contributed by atoms with Crippen LogP contribution in [0.1, 0.15) is 37.7 Å². The predicted molar refractivity (Wildman–Crippen MR) is 96.2 cm³/mol. The summed E-state index contributed by atoms with van der Waals surface area (Å²) in [7, 11) is 0. The van der Waals surface area contributed by atoms with Crippen LogP contribution in [0.2, 0.25) is 0 Å².